The quantitative estimate of drug-likeness (QED) is 0.781. The molecule has 0 spiro atoms. The van der Waals surface area contributed by atoms with Gasteiger partial charge >= 0.3 is 0 Å². The van der Waals surface area contributed by atoms with Gasteiger partial charge in [-0.15, -0.1) is 0 Å². The molecular formula is C15H20FN. The Morgan fingerprint density at radius 3 is 2.71 bits per heavy atom. The van der Waals surface area contributed by atoms with Crippen molar-refractivity contribution >= 4 is 0 Å². The Balaban J connectivity index is 2.28. The molecule has 2 rings (SSSR count). The zero-order valence-corrected chi connectivity index (χ0v) is 10.6. The first kappa shape index (κ1) is 12.3. The maximum absolute atomic E-state index is 13.6. The van der Waals surface area contributed by atoms with Crippen LogP contribution in [0.2, 0.25) is 0 Å². The predicted octanol–water partition coefficient (Wildman–Crippen LogP) is 3.90. The van der Waals surface area contributed by atoms with Gasteiger partial charge in [-0.2, -0.15) is 0 Å². The van der Waals surface area contributed by atoms with Crippen LogP contribution in [-0.4, -0.2) is 7.05 Å². The first-order chi connectivity index (χ1) is 8.22. The average Bonchev–Trinajstić information content (AvgIpc) is 2.36. The first-order valence-corrected chi connectivity index (χ1v) is 6.34. The summed E-state index contributed by atoms with van der Waals surface area (Å²) in [5.74, 6) is -0.112. The molecule has 2 heteroatoms. The summed E-state index contributed by atoms with van der Waals surface area (Å²) in [6, 6.07) is 5.71. The molecule has 1 aromatic carbocycles. The first-order valence-electron chi connectivity index (χ1n) is 6.34. The number of rotatable bonds is 3. The molecule has 92 valence electrons. The molecular weight excluding hydrogens is 213 g/mol. The molecule has 1 unspecified atom stereocenters. The van der Waals surface area contributed by atoms with E-state index in [4.69, 9.17) is 0 Å². The molecule has 0 saturated heterocycles. The van der Waals surface area contributed by atoms with Crippen molar-refractivity contribution in [2.75, 3.05) is 7.05 Å². The van der Waals surface area contributed by atoms with Crippen LogP contribution in [0.25, 0.3) is 0 Å². The van der Waals surface area contributed by atoms with Gasteiger partial charge in [-0.05, 0) is 56.8 Å². The lowest BCUT2D eigenvalue weighted by atomic mass is 9.89. The normalized spacial score (nSPS) is 17.7. The molecule has 0 bridgehead atoms. The van der Waals surface area contributed by atoms with E-state index in [1.807, 2.05) is 19.2 Å². The minimum atomic E-state index is -0.112. The van der Waals surface area contributed by atoms with Crippen molar-refractivity contribution in [3.8, 4) is 0 Å². The van der Waals surface area contributed by atoms with Crippen LogP contribution in [0.15, 0.2) is 29.8 Å². The number of likely N-dealkylation sites (N-methyl/N-ethyl adjacent to an activating group) is 1. The molecule has 0 aliphatic heterocycles. The maximum atomic E-state index is 13.6. The Kier molecular flexibility index (Phi) is 3.95. The summed E-state index contributed by atoms with van der Waals surface area (Å²) in [7, 11) is 1.94. The molecule has 0 aromatic heterocycles. The summed E-state index contributed by atoms with van der Waals surface area (Å²) in [4.78, 5) is 0. The van der Waals surface area contributed by atoms with Crippen LogP contribution >= 0.6 is 0 Å². The largest absolute Gasteiger partial charge is 0.310 e. The van der Waals surface area contributed by atoms with E-state index in [9.17, 15) is 4.39 Å². The minimum Gasteiger partial charge on any atom is -0.310 e. The second-order valence-electron chi connectivity index (χ2n) is 4.76. The molecule has 17 heavy (non-hydrogen) atoms. The summed E-state index contributed by atoms with van der Waals surface area (Å²) in [5.41, 5.74) is 3.15. The number of hydrogen-bond donors (Lipinski definition) is 1. The lowest BCUT2D eigenvalue weighted by molar-refractivity contribution is 0.580. The van der Waals surface area contributed by atoms with Gasteiger partial charge in [0.25, 0.3) is 0 Å². The van der Waals surface area contributed by atoms with Crippen molar-refractivity contribution in [3.63, 3.8) is 0 Å². The number of aryl methyl sites for hydroxylation is 1. The van der Waals surface area contributed by atoms with Crippen molar-refractivity contribution in [2.24, 2.45) is 0 Å². The number of allylic oxidation sites excluding steroid dienone is 1. The fraction of sp³-hybridized carbons (Fsp3) is 0.467. The zero-order valence-electron chi connectivity index (χ0n) is 10.6. The molecule has 1 nitrogen and oxygen atoms in total. The van der Waals surface area contributed by atoms with Gasteiger partial charge in [0.15, 0.2) is 0 Å². The number of halogens is 1. The standard InChI is InChI=1S/C15H20FN/c1-11-8-9-13(10-14(11)16)15(17-2)12-6-4-3-5-7-12/h6,8-10,15,17H,3-5,7H2,1-2H3. The van der Waals surface area contributed by atoms with Gasteiger partial charge in [0, 0.05) is 0 Å². The highest BCUT2D eigenvalue weighted by Crippen LogP contribution is 2.30. The third-order valence-corrected chi connectivity index (χ3v) is 3.51. The highest BCUT2D eigenvalue weighted by Gasteiger charge is 2.17. The topological polar surface area (TPSA) is 12.0 Å². The average molecular weight is 233 g/mol. The fourth-order valence-corrected chi connectivity index (χ4v) is 2.48. The van der Waals surface area contributed by atoms with Crippen molar-refractivity contribution < 1.29 is 4.39 Å². The van der Waals surface area contributed by atoms with Gasteiger partial charge in [-0.25, -0.2) is 4.39 Å². The van der Waals surface area contributed by atoms with Crippen LogP contribution in [0.3, 0.4) is 0 Å². The molecule has 1 aliphatic rings. The fourth-order valence-electron chi connectivity index (χ4n) is 2.48. The molecule has 1 aromatic rings. The van der Waals surface area contributed by atoms with E-state index in [1.165, 1.54) is 18.4 Å². The van der Waals surface area contributed by atoms with E-state index in [0.717, 1.165) is 18.4 Å². The van der Waals surface area contributed by atoms with Gasteiger partial charge in [-0.3, -0.25) is 0 Å². The highest BCUT2D eigenvalue weighted by atomic mass is 19.1. The van der Waals surface area contributed by atoms with Gasteiger partial charge < -0.3 is 5.32 Å². The zero-order chi connectivity index (χ0) is 12.3. The Hall–Kier alpha value is -1.15. The monoisotopic (exact) mass is 233 g/mol. The van der Waals surface area contributed by atoms with Crippen LogP contribution in [0.5, 0.6) is 0 Å². The Morgan fingerprint density at radius 1 is 1.29 bits per heavy atom. The van der Waals surface area contributed by atoms with Crippen LogP contribution in [0.4, 0.5) is 4.39 Å². The van der Waals surface area contributed by atoms with Crippen LogP contribution in [0, 0.1) is 12.7 Å². The van der Waals surface area contributed by atoms with Crippen LogP contribution in [0.1, 0.15) is 42.9 Å². The van der Waals surface area contributed by atoms with E-state index in [0.29, 0.717) is 5.56 Å². The van der Waals surface area contributed by atoms with Crippen molar-refractivity contribution in [3.05, 3.63) is 46.8 Å². The Labute approximate surface area is 103 Å². The number of nitrogens with one attached hydrogen (secondary N) is 1. The number of benzene rings is 1. The molecule has 0 radical (unpaired) electrons. The van der Waals surface area contributed by atoms with Gasteiger partial charge in [0.1, 0.15) is 5.82 Å². The molecule has 0 amide bonds. The van der Waals surface area contributed by atoms with E-state index in [2.05, 4.69) is 11.4 Å². The van der Waals surface area contributed by atoms with Crippen LogP contribution < -0.4 is 5.32 Å². The lowest BCUT2D eigenvalue weighted by Gasteiger charge is -2.23. The molecule has 1 atom stereocenters. The second-order valence-corrected chi connectivity index (χ2v) is 4.76. The van der Waals surface area contributed by atoms with Crippen molar-refractivity contribution in [2.45, 2.75) is 38.6 Å². The summed E-state index contributed by atoms with van der Waals surface area (Å²) in [6.45, 7) is 1.80. The van der Waals surface area contributed by atoms with Crippen molar-refractivity contribution in [1.82, 2.24) is 5.32 Å². The highest BCUT2D eigenvalue weighted by molar-refractivity contribution is 5.32. The summed E-state index contributed by atoms with van der Waals surface area (Å²) in [5, 5.41) is 3.30. The number of hydrogen-bond acceptors (Lipinski definition) is 1. The van der Waals surface area contributed by atoms with E-state index in [-0.39, 0.29) is 11.9 Å². The Morgan fingerprint density at radius 2 is 2.12 bits per heavy atom. The van der Waals surface area contributed by atoms with Crippen LogP contribution in [-0.2, 0) is 0 Å². The summed E-state index contributed by atoms with van der Waals surface area (Å²) in [6.07, 6.45) is 7.12. The van der Waals surface area contributed by atoms with E-state index < -0.39 is 0 Å². The molecule has 0 heterocycles. The summed E-state index contributed by atoms with van der Waals surface area (Å²) < 4.78 is 13.6. The third-order valence-electron chi connectivity index (χ3n) is 3.51. The Bertz CT molecular complexity index is 423. The maximum Gasteiger partial charge on any atom is 0.126 e. The SMILES string of the molecule is CNC(C1=CCCCC1)c1ccc(C)c(F)c1. The molecule has 1 aliphatic carbocycles. The van der Waals surface area contributed by atoms with Gasteiger partial charge in [-0.1, -0.05) is 23.8 Å². The second kappa shape index (κ2) is 5.46. The lowest BCUT2D eigenvalue weighted by Crippen LogP contribution is -2.20. The van der Waals surface area contributed by atoms with E-state index >= 15 is 0 Å². The van der Waals surface area contributed by atoms with Crippen molar-refractivity contribution in [1.29, 1.82) is 0 Å². The minimum absolute atomic E-state index is 0.112. The van der Waals surface area contributed by atoms with Gasteiger partial charge in [0.2, 0.25) is 0 Å². The van der Waals surface area contributed by atoms with Gasteiger partial charge in [0.05, 0.1) is 6.04 Å². The third kappa shape index (κ3) is 2.75. The van der Waals surface area contributed by atoms with E-state index in [1.54, 1.807) is 13.0 Å². The predicted molar refractivity (Wildman–Crippen MR) is 69.5 cm³/mol. The smallest absolute Gasteiger partial charge is 0.126 e. The summed E-state index contributed by atoms with van der Waals surface area (Å²) >= 11 is 0. The molecule has 0 fully saturated rings. The molecule has 0 saturated carbocycles. The molecule has 1 N–H and O–H groups in total.